The zero-order valence-electron chi connectivity index (χ0n) is 7.14. The van der Waals surface area contributed by atoms with Gasteiger partial charge in [0.15, 0.2) is 0 Å². The van der Waals surface area contributed by atoms with Crippen LogP contribution >= 0.6 is 0 Å². The number of rotatable bonds is 3. The molecular weight excluding hydrogens is 140 g/mol. The second-order valence-corrected chi connectivity index (χ2v) is 3.26. The summed E-state index contributed by atoms with van der Waals surface area (Å²) in [7, 11) is 1.73. The minimum absolute atomic E-state index is 0.443. The van der Waals surface area contributed by atoms with Crippen LogP contribution in [0.5, 0.6) is 0 Å². The monoisotopic (exact) mass is 156 g/mol. The Morgan fingerprint density at radius 3 is 2.64 bits per heavy atom. The number of ketones is 1. The zero-order chi connectivity index (χ0) is 8.10. The second-order valence-electron chi connectivity index (χ2n) is 3.26. The third-order valence-electron chi connectivity index (χ3n) is 2.39. The maximum Gasteiger partial charge on any atom is 0.132 e. The van der Waals surface area contributed by atoms with Crippen LogP contribution in [0, 0.1) is 5.92 Å². The van der Waals surface area contributed by atoms with Gasteiger partial charge in [0.2, 0.25) is 0 Å². The first-order chi connectivity index (χ1) is 5.33. The first-order valence-corrected chi connectivity index (χ1v) is 4.33. The fraction of sp³-hybridized carbons (Fsp3) is 0.889. The highest BCUT2D eigenvalue weighted by Gasteiger charge is 2.17. The van der Waals surface area contributed by atoms with Gasteiger partial charge in [0.05, 0.1) is 0 Å². The molecule has 0 aliphatic heterocycles. The van der Waals surface area contributed by atoms with Crippen LogP contribution in [0.4, 0.5) is 0 Å². The molecule has 2 nitrogen and oxygen atoms in total. The molecule has 2 heteroatoms. The van der Waals surface area contributed by atoms with Crippen LogP contribution < -0.4 is 0 Å². The van der Waals surface area contributed by atoms with Crippen LogP contribution in [-0.4, -0.2) is 19.5 Å². The molecule has 0 atom stereocenters. The van der Waals surface area contributed by atoms with E-state index in [2.05, 4.69) is 0 Å². The van der Waals surface area contributed by atoms with Gasteiger partial charge >= 0.3 is 0 Å². The molecule has 11 heavy (non-hydrogen) atoms. The van der Waals surface area contributed by atoms with Crippen LogP contribution in [-0.2, 0) is 9.53 Å². The highest BCUT2D eigenvalue weighted by atomic mass is 16.5. The number of hydrogen-bond donors (Lipinski definition) is 0. The van der Waals surface area contributed by atoms with E-state index in [9.17, 15) is 4.79 Å². The summed E-state index contributed by atoms with van der Waals surface area (Å²) in [5, 5.41) is 0. The van der Waals surface area contributed by atoms with Crippen LogP contribution in [0.1, 0.15) is 32.1 Å². The molecule has 0 aromatic carbocycles. The lowest BCUT2D eigenvalue weighted by molar-refractivity contribution is -0.121. The van der Waals surface area contributed by atoms with Crippen molar-refractivity contribution in [2.45, 2.75) is 32.1 Å². The summed E-state index contributed by atoms with van der Waals surface area (Å²) in [6.45, 7) is 0.846. The van der Waals surface area contributed by atoms with Crippen LogP contribution in [0.3, 0.4) is 0 Å². The molecule has 0 radical (unpaired) electrons. The predicted molar refractivity (Wildman–Crippen MR) is 43.5 cm³/mol. The first-order valence-electron chi connectivity index (χ1n) is 4.33. The normalized spacial score (nSPS) is 20.6. The minimum Gasteiger partial charge on any atom is -0.385 e. The van der Waals surface area contributed by atoms with Crippen molar-refractivity contribution in [1.82, 2.24) is 0 Å². The average Bonchev–Trinajstić information content (AvgIpc) is 2.04. The number of Topliss-reactive ketones (excluding diaryl/α,β-unsaturated/α-hetero) is 1. The zero-order valence-corrected chi connectivity index (χ0v) is 7.14. The van der Waals surface area contributed by atoms with Crippen LogP contribution in [0.2, 0.25) is 0 Å². The van der Waals surface area contributed by atoms with Crippen molar-refractivity contribution in [2.75, 3.05) is 13.7 Å². The quantitative estimate of drug-likeness (QED) is 0.622. The number of methoxy groups -OCH3 is 1. The Morgan fingerprint density at radius 1 is 1.45 bits per heavy atom. The van der Waals surface area contributed by atoms with E-state index in [0.29, 0.717) is 5.78 Å². The topological polar surface area (TPSA) is 26.3 Å². The van der Waals surface area contributed by atoms with Crippen LogP contribution in [0.15, 0.2) is 0 Å². The molecule has 0 unspecified atom stereocenters. The largest absolute Gasteiger partial charge is 0.385 e. The molecule has 1 saturated carbocycles. The highest BCUT2D eigenvalue weighted by Crippen LogP contribution is 2.23. The predicted octanol–water partition coefficient (Wildman–Crippen LogP) is 1.78. The molecule has 0 saturated heterocycles. The van der Waals surface area contributed by atoms with E-state index in [1.54, 1.807) is 7.11 Å². The van der Waals surface area contributed by atoms with Crippen molar-refractivity contribution < 1.29 is 9.53 Å². The standard InChI is InChI=1S/C9H16O2/c1-11-7-6-8-2-4-9(10)5-3-8/h8H,2-7H2,1H3. The maximum atomic E-state index is 10.9. The third kappa shape index (κ3) is 3.02. The van der Waals surface area contributed by atoms with E-state index < -0.39 is 0 Å². The Hall–Kier alpha value is -0.370. The van der Waals surface area contributed by atoms with Crippen LogP contribution in [0.25, 0.3) is 0 Å². The first kappa shape index (κ1) is 8.72. The summed E-state index contributed by atoms with van der Waals surface area (Å²) in [4.78, 5) is 10.9. The number of carbonyl (C=O) groups is 1. The van der Waals surface area contributed by atoms with Crippen molar-refractivity contribution in [3.05, 3.63) is 0 Å². The molecular formula is C9H16O2. The van der Waals surface area contributed by atoms with Gasteiger partial charge in [-0.3, -0.25) is 4.79 Å². The summed E-state index contributed by atoms with van der Waals surface area (Å²) in [5.74, 6) is 1.19. The summed E-state index contributed by atoms with van der Waals surface area (Å²) >= 11 is 0. The third-order valence-corrected chi connectivity index (χ3v) is 2.39. The molecule has 1 aliphatic carbocycles. The van der Waals surface area contributed by atoms with E-state index in [4.69, 9.17) is 4.74 Å². The number of carbonyl (C=O) groups excluding carboxylic acids is 1. The Morgan fingerprint density at radius 2 is 2.09 bits per heavy atom. The Labute approximate surface area is 67.9 Å². The fourth-order valence-electron chi connectivity index (χ4n) is 1.57. The molecule has 0 spiro atoms. The molecule has 1 fully saturated rings. The Kier molecular flexibility index (Phi) is 3.57. The van der Waals surface area contributed by atoms with Gasteiger partial charge in [-0.1, -0.05) is 0 Å². The molecule has 0 aromatic heterocycles. The van der Waals surface area contributed by atoms with E-state index in [1.165, 1.54) is 0 Å². The van der Waals surface area contributed by atoms with Crippen molar-refractivity contribution in [3.8, 4) is 0 Å². The van der Waals surface area contributed by atoms with Gasteiger partial charge in [-0.2, -0.15) is 0 Å². The summed E-state index contributed by atoms with van der Waals surface area (Å²) in [5.41, 5.74) is 0. The van der Waals surface area contributed by atoms with E-state index >= 15 is 0 Å². The lowest BCUT2D eigenvalue weighted by Crippen LogP contribution is -2.15. The van der Waals surface area contributed by atoms with Crippen molar-refractivity contribution in [1.29, 1.82) is 0 Å². The SMILES string of the molecule is COCCC1CCC(=O)CC1. The molecule has 1 rings (SSSR count). The molecule has 0 amide bonds. The number of hydrogen-bond acceptors (Lipinski definition) is 2. The average molecular weight is 156 g/mol. The lowest BCUT2D eigenvalue weighted by Gasteiger charge is -2.19. The fourth-order valence-corrected chi connectivity index (χ4v) is 1.57. The molecule has 0 aromatic rings. The summed E-state index contributed by atoms with van der Waals surface area (Å²) in [6, 6.07) is 0. The van der Waals surface area contributed by atoms with Gasteiger partial charge < -0.3 is 4.74 Å². The van der Waals surface area contributed by atoms with E-state index in [0.717, 1.165) is 44.6 Å². The van der Waals surface area contributed by atoms with Crippen molar-refractivity contribution >= 4 is 5.78 Å². The van der Waals surface area contributed by atoms with Gasteiger partial charge in [0, 0.05) is 26.6 Å². The molecule has 0 bridgehead atoms. The Balaban J connectivity index is 2.12. The summed E-state index contributed by atoms with van der Waals surface area (Å²) < 4.78 is 4.99. The lowest BCUT2D eigenvalue weighted by atomic mass is 9.86. The van der Waals surface area contributed by atoms with Gasteiger partial charge in [-0.05, 0) is 25.2 Å². The molecule has 0 heterocycles. The van der Waals surface area contributed by atoms with Gasteiger partial charge in [-0.25, -0.2) is 0 Å². The maximum absolute atomic E-state index is 10.9. The van der Waals surface area contributed by atoms with Crippen molar-refractivity contribution in [3.63, 3.8) is 0 Å². The smallest absolute Gasteiger partial charge is 0.132 e. The van der Waals surface area contributed by atoms with Gasteiger partial charge in [-0.15, -0.1) is 0 Å². The number of ether oxygens (including phenoxy) is 1. The molecule has 1 aliphatic rings. The van der Waals surface area contributed by atoms with E-state index in [1.807, 2.05) is 0 Å². The van der Waals surface area contributed by atoms with Gasteiger partial charge in [0.25, 0.3) is 0 Å². The molecule has 0 N–H and O–H groups in total. The Bertz CT molecular complexity index is 122. The second kappa shape index (κ2) is 4.50. The molecule has 64 valence electrons. The van der Waals surface area contributed by atoms with Gasteiger partial charge in [0.1, 0.15) is 5.78 Å². The summed E-state index contributed by atoms with van der Waals surface area (Å²) in [6.07, 6.45) is 4.90. The van der Waals surface area contributed by atoms with E-state index in [-0.39, 0.29) is 0 Å². The minimum atomic E-state index is 0.443. The van der Waals surface area contributed by atoms with Crippen molar-refractivity contribution in [2.24, 2.45) is 5.92 Å². The highest BCUT2D eigenvalue weighted by molar-refractivity contribution is 5.78.